The van der Waals surface area contributed by atoms with Crippen LogP contribution in [0, 0.1) is 0 Å². The van der Waals surface area contributed by atoms with E-state index in [1.54, 1.807) is 6.92 Å². The number of carbonyl (C=O) groups excluding carboxylic acids is 2. The average molecular weight is 365 g/mol. The molecule has 0 rings (SSSR count). The maximum Gasteiger partial charge on any atom is 0.324 e. The van der Waals surface area contributed by atoms with E-state index in [2.05, 4.69) is 0 Å². The Morgan fingerprint density at radius 2 is 1.18 bits per heavy atom. The summed E-state index contributed by atoms with van der Waals surface area (Å²) >= 11 is 0. The van der Waals surface area contributed by atoms with Gasteiger partial charge in [-0.1, -0.05) is 0 Å². The molecule has 0 aromatic heterocycles. The van der Waals surface area contributed by atoms with Gasteiger partial charge in [0.25, 0.3) is 5.97 Å². The summed E-state index contributed by atoms with van der Waals surface area (Å²) in [6.07, 6.45) is -0.106. The summed E-state index contributed by atoms with van der Waals surface area (Å²) in [6, 6.07) is 0. The molecule has 0 aromatic carbocycles. The number of carbonyl (C=O) groups is 2. The van der Waals surface area contributed by atoms with Crippen molar-refractivity contribution in [3.8, 4) is 0 Å². The molecule has 0 aliphatic carbocycles. The van der Waals surface area contributed by atoms with E-state index < -0.39 is 42.5 Å². The van der Waals surface area contributed by atoms with E-state index in [-0.39, 0.29) is 6.42 Å². The van der Waals surface area contributed by atoms with Gasteiger partial charge in [0.2, 0.25) is 16.6 Å². The maximum absolute atomic E-state index is 12.6. The summed E-state index contributed by atoms with van der Waals surface area (Å²) in [6.45, 7) is 19.2. The molecule has 0 saturated heterocycles. The molecule has 1 atom stereocenters. The van der Waals surface area contributed by atoms with Crippen molar-refractivity contribution < 1.29 is 22.9 Å². The highest BCUT2D eigenvalue weighted by Gasteiger charge is 2.44. The number of hydrogen-bond acceptors (Lipinski definition) is 5. The first-order chi connectivity index (χ1) is 9.44. The zero-order chi connectivity index (χ0) is 18.0. The lowest BCUT2D eigenvalue weighted by Gasteiger charge is -2.36. The molecule has 0 saturated carbocycles. The van der Waals surface area contributed by atoms with Crippen LogP contribution < -0.4 is 0 Å². The highest BCUT2D eigenvalue weighted by molar-refractivity contribution is 6.72. The molecule has 8 heteroatoms. The fraction of sp³-hybridized carbons (Fsp3) is 0.857. The molecule has 0 radical (unpaired) electrons. The monoisotopic (exact) mass is 364 g/mol. The van der Waals surface area contributed by atoms with Gasteiger partial charge in [-0.25, -0.2) is 0 Å². The Balaban J connectivity index is 5.27. The van der Waals surface area contributed by atoms with Crippen LogP contribution in [0.25, 0.3) is 0 Å². The molecular formula is C14H32O5Si3. The second kappa shape index (κ2) is 6.98. The Labute approximate surface area is 138 Å². The first kappa shape index (κ1) is 21.6. The molecule has 0 aliphatic rings. The third kappa shape index (κ3) is 9.54. The molecule has 0 heterocycles. The van der Waals surface area contributed by atoms with Gasteiger partial charge in [-0.2, -0.15) is 0 Å². The van der Waals surface area contributed by atoms with Crippen LogP contribution in [0.1, 0.15) is 13.3 Å². The van der Waals surface area contributed by atoms with E-state index >= 15 is 0 Å². The Morgan fingerprint density at radius 3 is 1.50 bits per heavy atom. The smallest absolute Gasteiger partial charge is 0.324 e. The molecule has 0 bridgehead atoms. The Kier molecular flexibility index (Phi) is 6.84. The van der Waals surface area contributed by atoms with Crippen LogP contribution >= 0.6 is 0 Å². The van der Waals surface area contributed by atoms with Crippen molar-refractivity contribution in [2.75, 3.05) is 0 Å². The van der Waals surface area contributed by atoms with Gasteiger partial charge >= 0.3 is 5.97 Å². The van der Waals surface area contributed by atoms with Crippen LogP contribution in [0.2, 0.25) is 58.9 Å². The van der Waals surface area contributed by atoms with E-state index in [0.717, 1.165) is 0 Å². The molecule has 130 valence electrons. The maximum atomic E-state index is 12.6. The first-order valence-corrected chi connectivity index (χ1v) is 17.8. The van der Waals surface area contributed by atoms with Crippen molar-refractivity contribution in [2.45, 2.75) is 77.9 Å². The summed E-state index contributed by atoms with van der Waals surface area (Å²) < 4.78 is 17.1. The van der Waals surface area contributed by atoms with Crippen LogP contribution in [0.4, 0.5) is 0 Å². The van der Waals surface area contributed by atoms with Gasteiger partial charge in [0, 0.05) is 0 Å². The molecule has 22 heavy (non-hydrogen) atoms. The average Bonchev–Trinajstić information content (AvgIpc) is 2.06. The predicted octanol–water partition coefficient (Wildman–Crippen LogP) is 3.74. The van der Waals surface area contributed by atoms with Crippen LogP contribution in [-0.2, 0) is 22.9 Å². The highest BCUT2D eigenvalue weighted by Crippen LogP contribution is 2.26. The largest absolute Gasteiger partial charge is 0.520 e. The summed E-state index contributed by atoms with van der Waals surface area (Å²) in [4.78, 5) is 24.8. The third-order valence-corrected chi connectivity index (χ3v) is 4.96. The van der Waals surface area contributed by atoms with Crippen molar-refractivity contribution in [3.05, 3.63) is 0 Å². The summed E-state index contributed by atoms with van der Waals surface area (Å²) in [5.41, 5.74) is -1.28. The third-order valence-electron chi connectivity index (χ3n) is 2.26. The van der Waals surface area contributed by atoms with Gasteiger partial charge in [-0.3, -0.25) is 9.59 Å². The predicted molar refractivity (Wildman–Crippen MR) is 96.3 cm³/mol. The Hall–Kier alpha value is -0.449. The number of hydrogen-bond donors (Lipinski definition) is 0. The minimum atomic E-state index is -2.06. The van der Waals surface area contributed by atoms with Gasteiger partial charge in [0.15, 0.2) is 13.9 Å². The summed E-state index contributed by atoms with van der Waals surface area (Å²) in [7, 11) is -6.10. The Morgan fingerprint density at radius 1 is 0.773 bits per heavy atom. The fourth-order valence-corrected chi connectivity index (χ4v) is 4.90. The molecule has 0 spiro atoms. The molecule has 0 amide bonds. The van der Waals surface area contributed by atoms with Gasteiger partial charge in [0.1, 0.15) is 0 Å². The normalized spacial score (nSPS) is 15.9. The molecule has 0 aromatic rings. The SMILES string of the molecule is CC(CC(=O)O[Si](C)(C)C)(O[Si](C)(C)C)C(=O)O[Si](C)(C)C. The Bertz CT molecular complexity index is 418. The molecule has 0 aliphatic heterocycles. The molecule has 1 unspecified atom stereocenters. The van der Waals surface area contributed by atoms with E-state index in [1.165, 1.54) is 0 Å². The van der Waals surface area contributed by atoms with Crippen molar-refractivity contribution in [1.29, 1.82) is 0 Å². The van der Waals surface area contributed by atoms with Crippen LogP contribution in [-0.4, -0.2) is 42.5 Å². The second-order valence-electron chi connectivity index (χ2n) is 8.71. The quantitative estimate of drug-likeness (QED) is 0.644. The zero-order valence-electron chi connectivity index (χ0n) is 15.7. The highest BCUT2D eigenvalue weighted by atomic mass is 28.4. The van der Waals surface area contributed by atoms with Gasteiger partial charge in [-0.15, -0.1) is 0 Å². The molecular weight excluding hydrogens is 332 g/mol. The lowest BCUT2D eigenvalue weighted by Crippen LogP contribution is -2.51. The minimum absolute atomic E-state index is 0.106. The van der Waals surface area contributed by atoms with E-state index in [0.29, 0.717) is 0 Å². The van der Waals surface area contributed by atoms with Crippen LogP contribution in [0.5, 0.6) is 0 Å². The number of rotatable bonds is 7. The van der Waals surface area contributed by atoms with E-state index in [4.69, 9.17) is 13.3 Å². The van der Waals surface area contributed by atoms with Crippen molar-refractivity contribution in [2.24, 2.45) is 0 Å². The van der Waals surface area contributed by atoms with E-state index in [9.17, 15) is 9.59 Å². The van der Waals surface area contributed by atoms with Gasteiger partial charge in [-0.05, 0) is 65.8 Å². The minimum Gasteiger partial charge on any atom is -0.520 e. The summed E-state index contributed by atoms with van der Waals surface area (Å²) in [5, 5.41) is 0. The van der Waals surface area contributed by atoms with E-state index in [1.807, 2.05) is 58.9 Å². The van der Waals surface area contributed by atoms with Crippen molar-refractivity contribution in [1.82, 2.24) is 0 Å². The zero-order valence-corrected chi connectivity index (χ0v) is 18.7. The standard InChI is InChI=1S/C14H32O5Si3/c1-14(19-22(8,9)10,13(16)18-21(5,6)7)11-12(15)17-20(2,3)4/h11H2,1-10H3. The molecule has 0 N–H and O–H groups in total. The van der Waals surface area contributed by atoms with Crippen LogP contribution in [0.3, 0.4) is 0 Å². The lowest BCUT2D eigenvalue weighted by molar-refractivity contribution is -0.158. The van der Waals surface area contributed by atoms with Crippen LogP contribution in [0.15, 0.2) is 0 Å². The molecule has 5 nitrogen and oxygen atoms in total. The first-order valence-electron chi connectivity index (χ1n) is 7.59. The molecule has 0 fully saturated rings. The summed E-state index contributed by atoms with van der Waals surface area (Å²) in [5.74, 6) is -0.853. The fourth-order valence-electron chi connectivity index (χ4n) is 1.86. The van der Waals surface area contributed by atoms with Gasteiger partial charge in [0.05, 0.1) is 6.42 Å². The van der Waals surface area contributed by atoms with Gasteiger partial charge < -0.3 is 13.3 Å². The second-order valence-corrected chi connectivity index (χ2v) is 22.0. The lowest BCUT2D eigenvalue weighted by atomic mass is 10.0. The van der Waals surface area contributed by atoms with Crippen molar-refractivity contribution in [3.63, 3.8) is 0 Å². The topological polar surface area (TPSA) is 61.8 Å². The van der Waals surface area contributed by atoms with Crippen molar-refractivity contribution >= 4 is 36.9 Å².